The van der Waals surface area contributed by atoms with Crippen LogP contribution in [0, 0.1) is 0 Å². The SMILES string of the molecule is CC(Nc1ccccc1-n1cncn1)c1nccn1C. The third-order valence-electron chi connectivity index (χ3n) is 3.19. The van der Waals surface area contributed by atoms with Crippen LogP contribution in [0.1, 0.15) is 18.8 Å². The van der Waals surface area contributed by atoms with Gasteiger partial charge in [0.15, 0.2) is 0 Å². The molecule has 6 nitrogen and oxygen atoms in total. The summed E-state index contributed by atoms with van der Waals surface area (Å²) in [6.07, 6.45) is 6.96. The Balaban J connectivity index is 1.90. The second-order valence-corrected chi connectivity index (χ2v) is 4.62. The minimum atomic E-state index is 0.0969. The third-order valence-corrected chi connectivity index (χ3v) is 3.19. The molecule has 1 atom stereocenters. The van der Waals surface area contributed by atoms with E-state index in [1.54, 1.807) is 17.2 Å². The fraction of sp³-hybridized carbons (Fsp3) is 0.214. The zero-order chi connectivity index (χ0) is 13.9. The molecule has 2 heterocycles. The normalized spacial score (nSPS) is 12.3. The fourth-order valence-electron chi connectivity index (χ4n) is 2.22. The van der Waals surface area contributed by atoms with Crippen LogP contribution < -0.4 is 5.32 Å². The van der Waals surface area contributed by atoms with Gasteiger partial charge in [0.2, 0.25) is 0 Å². The Morgan fingerprint density at radius 2 is 2.10 bits per heavy atom. The van der Waals surface area contributed by atoms with Crippen molar-refractivity contribution in [2.24, 2.45) is 7.05 Å². The van der Waals surface area contributed by atoms with Gasteiger partial charge in [-0.15, -0.1) is 0 Å². The second kappa shape index (κ2) is 5.16. The van der Waals surface area contributed by atoms with E-state index in [1.807, 2.05) is 42.1 Å². The highest BCUT2D eigenvalue weighted by molar-refractivity contribution is 5.61. The molecule has 0 saturated carbocycles. The monoisotopic (exact) mass is 268 g/mol. The van der Waals surface area contributed by atoms with E-state index in [9.17, 15) is 0 Å². The Morgan fingerprint density at radius 1 is 1.25 bits per heavy atom. The van der Waals surface area contributed by atoms with E-state index >= 15 is 0 Å². The standard InChI is InChI=1S/C14H16N6/c1-11(14-16-7-8-19(14)2)18-12-5-3-4-6-13(12)20-10-15-9-17-20/h3-11,18H,1-2H3. The van der Waals surface area contributed by atoms with Crippen LogP contribution in [0.4, 0.5) is 5.69 Å². The summed E-state index contributed by atoms with van der Waals surface area (Å²) >= 11 is 0. The number of para-hydroxylation sites is 2. The smallest absolute Gasteiger partial charge is 0.138 e. The third kappa shape index (κ3) is 2.27. The lowest BCUT2D eigenvalue weighted by atomic mass is 10.2. The van der Waals surface area contributed by atoms with Gasteiger partial charge in [-0.2, -0.15) is 5.10 Å². The van der Waals surface area contributed by atoms with Gasteiger partial charge >= 0.3 is 0 Å². The summed E-state index contributed by atoms with van der Waals surface area (Å²) in [5, 5.41) is 7.65. The van der Waals surface area contributed by atoms with Crippen LogP contribution in [0.2, 0.25) is 0 Å². The maximum absolute atomic E-state index is 4.37. The molecule has 6 heteroatoms. The van der Waals surface area contributed by atoms with Crippen molar-refractivity contribution in [3.63, 3.8) is 0 Å². The molecule has 2 aromatic heterocycles. The highest BCUT2D eigenvalue weighted by atomic mass is 15.3. The number of aromatic nitrogens is 5. The Hall–Kier alpha value is -2.63. The van der Waals surface area contributed by atoms with Crippen LogP contribution >= 0.6 is 0 Å². The summed E-state index contributed by atoms with van der Waals surface area (Å²) in [6.45, 7) is 2.08. The van der Waals surface area contributed by atoms with Gasteiger partial charge in [-0.25, -0.2) is 14.6 Å². The zero-order valence-corrected chi connectivity index (χ0v) is 11.4. The predicted molar refractivity (Wildman–Crippen MR) is 76.6 cm³/mol. The summed E-state index contributed by atoms with van der Waals surface area (Å²) in [4.78, 5) is 8.36. The molecule has 20 heavy (non-hydrogen) atoms. The van der Waals surface area contributed by atoms with E-state index in [-0.39, 0.29) is 6.04 Å². The molecule has 0 aliphatic carbocycles. The van der Waals surface area contributed by atoms with Crippen LogP contribution in [-0.4, -0.2) is 24.3 Å². The first-order valence-corrected chi connectivity index (χ1v) is 6.43. The first-order valence-electron chi connectivity index (χ1n) is 6.43. The van der Waals surface area contributed by atoms with E-state index in [4.69, 9.17) is 0 Å². The summed E-state index contributed by atoms with van der Waals surface area (Å²) in [6, 6.07) is 8.10. The number of nitrogens with zero attached hydrogens (tertiary/aromatic N) is 5. The van der Waals surface area contributed by atoms with Gasteiger partial charge in [0.1, 0.15) is 18.5 Å². The number of hydrogen-bond donors (Lipinski definition) is 1. The molecule has 0 fully saturated rings. The minimum absolute atomic E-state index is 0.0969. The van der Waals surface area contributed by atoms with Crippen molar-refractivity contribution in [3.05, 3.63) is 55.1 Å². The van der Waals surface area contributed by atoms with Crippen molar-refractivity contribution in [2.45, 2.75) is 13.0 Å². The largest absolute Gasteiger partial charge is 0.374 e. The number of anilines is 1. The fourth-order valence-corrected chi connectivity index (χ4v) is 2.22. The highest BCUT2D eigenvalue weighted by Gasteiger charge is 2.12. The Labute approximate surface area is 117 Å². The van der Waals surface area contributed by atoms with Gasteiger partial charge in [0, 0.05) is 19.4 Å². The molecule has 0 saturated heterocycles. The Kier molecular flexibility index (Phi) is 3.20. The van der Waals surface area contributed by atoms with Crippen LogP contribution in [-0.2, 0) is 7.05 Å². The van der Waals surface area contributed by atoms with Crippen LogP contribution in [0.15, 0.2) is 49.3 Å². The molecule has 0 amide bonds. The molecule has 1 unspecified atom stereocenters. The first-order chi connectivity index (χ1) is 9.75. The number of rotatable bonds is 4. The summed E-state index contributed by atoms with van der Waals surface area (Å²) < 4.78 is 3.75. The van der Waals surface area contributed by atoms with Crippen LogP contribution in [0.3, 0.4) is 0 Å². The van der Waals surface area contributed by atoms with Crippen molar-refractivity contribution < 1.29 is 0 Å². The average molecular weight is 268 g/mol. The van der Waals surface area contributed by atoms with Crippen molar-refractivity contribution in [2.75, 3.05) is 5.32 Å². The Bertz CT molecular complexity index is 685. The minimum Gasteiger partial charge on any atom is -0.374 e. The molecule has 0 radical (unpaired) electrons. The van der Waals surface area contributed by atoms with Crippen molar-refractivity contribution in [1.29, 1.82) is 0 Å². The number of imidazole rings is 1. The van der Waals surface area contributed by atoms with Crippen molar-refractivity contribution in [3.8, 4) is 5.69 Å². The van der Waals surface area contributed by atoms with E-state index in [0.717, 1.165) is 17.2 Å². The van der Waals surface area contributed by atoms with Crippen molar-refractivity contribution >= 4 is 5.69 Å². The van der Waals surface area contributed by atoms with E-state index in [1.165, 1.54) is 6.33 Å². The van der Waals surface area contributed by atoms with Crippen LogP contribution in [0.25, 0.3) is 5.69 Å². The van der Waals surface area contributed by atoms with E-state index in [0.29, 0.717) is 0 Å². The van der Waals surface area contributed by atoms with Gasteiger partial charge < -0.3 is 9.88 Å². The molecular formula is C14H16N6. The molecule has 0 spiro atoms. The van der Waals surface area contributed by atoms with Crippen molar-refractivity contribution in [1.82, 2.24) is 24.3 Å². The van der Waals surface area contributed by atoms with Gasteiger partial charge in [0.25, 0.3) is 0 Å². The molecule has 3 rings (SSSR count). The molecule has 0 bridgehead atoms. The molecule has 1 N–H and O–H groups in total. The lowest BCUT2D eigenvalue weighted by Crippen LogP contribution is -2.13. The van der Waals surface area contributed by atoms with E-state index < -0.39 is 0 Å². The highest BCUT2D eigenvalue weighted by Crippen LogP contribution is 2.23. The zero-order valence-electron chi connectivity index (χ0n) is 11.4. The van der Waals surface area contributed by atoms with Crippen LogP contribution in [0.5, 0.6) is 0 Å². The maximum Gasteiger partial charge on any atom is 0.138 e. The molecule has 0 aliphatic rings. The van der Waals surface area contributed by atoms with Gasteiger partial charge in [-0.1, -0.05) is 12.1 Å². The number of benzene rings is 1. The molecule has 3 aromatic rings. The van der Waals surface area contributed by atoms with Gasteiger partial charge in [0.05, 0.1) is 17.4 Å². The second-order valence-electron chi connectivity index (χ2n) is 4.62. The summed E-state index contributed by atoms with van der Waals surface area (Å²) in [5.74, 6) is 0.985. The number of aryl methyl sites for hydroxylation is 1. The van der Waals surface area contributed by atoms with E-state index in [2.05, 4.69) is 27.3 Å². The number of hydrogen-bond acceptors (Lipinski definition) is 4. The Morgan fingerprint density at radius 3 is 2.80 bits per heavy atom. The first kappa shape index (κ1) is 12.4. The number of nitrogens with one attached hydrogen (secondary N) is 1. The average Bonchev–Trinajstić information content (AvgIpc) is 3.10. The topological polar surface area (TPSA) is 60.6 Å². The predicted octanol–water partition coefficient (Wildman–Crippen LogP) is 2.17. The lowest BCUT2D eigenvalue weighted by Gasteiger charge is -2.17. The quantitative estimate of drug-likeness (QED) is 0.787. The van der Waals surface area contributed by atoms with Gasteiger partial charge in [-0.05, 0) is 19.1 Å². The molecule has 1 aromatic carbocycles. The summed E-state index contributed by atoms with van der Waals surface area (Å²) in [5.41, 5.74) is 1.96. The molecule has 0 aliphatic heterocycles. The lowest BCUT2D eigenvalue weighted by molar-refractivity contribution is 0.720. The maximum atomic E-state index is 4.37. The summed E-state index contributed by atoms with van der Waals surface area (Å²) in [7, 11) is 1.99. The molecular weight excluding hydrogens is 252 g/mol. The molecule has 102 valence electrons. The van der Waals surface area contributed by atoms with Gasteiger partial charge in [-0.3, -0.25) is 0 Å².